The van der Waals surface area contributed by atoms with Crippen LogP contribution in [0, 0.1) is 0 Å². The van der Waals surface area contributed by atoms with Crippen molar-refractivity contribution in [1.29, 1.82) is 0 Å². The Balaban J connectivity index is 1.77. The number of aryl methyl sites for hydroxylation is 1. The van der Waals surface area contributed by atoms with E-state index in [1.165, 1.54) is 6.08 Å². The number of nitrogens with one attached hydrogen (secondary N) is 2. The average Bonchev–Trinajstić information content (AvgIpc) is 3.08. The number of fused-ring (bicyclic) bond motifs is 1. The van der Waals surface area contributed by atoms with Gasteiger partial charge in [-0.2, -0.15) is 0 Å². The van der Waals surface area contributed by atoms with E-state index in [2.05, 4.69) is 9.71 Å². The van der Waals surface area contributed by atoms with Gasteiger partial charge in [0.05, 0.1) is 15.9 Å². The van der Waals surface area contributed by atoms with Gasteiger partial charge in [-0.05, 0) is 42.8 Å². The first-order chi connectivity index (χ1) is 13.9. The van der Waals surface area contributed by atoms with E-state index in [1.807, 2.05) is 29.7 Å². The lowest BCUT2D eigenvalue weighted by molar-refractivity contribution is -0.124. The van der Waals surface area contributed by atoms with Crippen molar-refractivity contribution in [3.8, 4) is 0 Å². The average molecular weight is 414 g/mol. The highest BCUT2D eigenvalue weighted by atomic mass is 32.2. The number of hydrogen-bond acceptors (Lipinski definition) is 5. The van der Waals surface area contributed by atoms with Gasteiger partial charge in [0, 0.05) is 25.6 Å². The predicted octanol–water partition coefficient (Wildman–Crippen LogP) is 2.10. The lowest BCUT2D eigenvalue weighted by atomic mass is 10.2. The van der Waals surface area contributed by atoms with E-state index in [9.17, 15) is 13.2 Å². The molecule has 3 rings (SSSR count). The van der Waals surface area contributed by atoms with Crippen LogP contribution < -0.4 is 10.2 Å². The lowest BCUT2D eigenvalue weighted by Crippen LogP contribution is -2.26. The highest BCUT2D eigenvalue weighted by Crippen LogP contribution is 2.19. The van der Waals surface area contributed by atoms with Gasteiger partial charge in [-0.1, -0.05) is 24.3 Å². The van der Waals surface area contributed by atoms with Gasteiger partial charge in [0.1, 0.15) is 5.82 Å². The van der Waals surface area contributed by atoms with Gasteiger partial charge in [-0.3, -0.25) is 10.0 Å². The number of rotatable bonds is 8. The fraction of sp³-hybridized carbons (Fsp3) is 0.200. The van der Waals surface area contributed by atoms with Crippen LogP contribution in [0.5, 0.6) is 0 Å². The van der Waals surface area contributed by atoms with Gasteiger partial charge in [0.2, 0.25) is 10.0 Å². The summed E-state index contributed by atoms with van der Waals surface area (Å²) in [5, 5.41) is 8.55. The first-order valence-electron chi connectivity index (χ1n) is 9.10. The Morgan fingerprint density at radius 3 is 2.66 bits per heavy atom. The molecule has 0 atom stereocenters. The van der Waals surface area contributed by atoms with E-state index in [0.717, 1.165) is 22.4 Å². The van der Waals surface area contributed by atoms with Crippen LogP contribution in [0.25, 0.3) is 17.1 Å². The number of hydrogen-bond donors (Lipinski definition) is 3. The second-order valence-electron chi connectivity index (χ2n) is 6.29. The maximum Gasteiger partial charge on any atom is 0.267 e. The summed E-state index contributed by atoms with van der Waals surface area (Å²) in [5.41, 5.74) is 3.98. The highest BCUT2D eigenvalue weighted by molar-refractivity contribution is 7.89. The van der Waals surface area contributed by atoms with Crippen LogP contribution in [0.2, 0.25) is 0 Å². The van der Waals surface area contributed by atoms with Crippen LogP contribution in [0.3, 0.4) is 0 Å². The van der Waals surface area contributed by atoms with Crippen LogP contribution in [-0.2, 0) is 27.8 Å². The Morgan fingerprint density at radius 2 is 1.97 bits per heavy atom. The molecule has 8 nitrogen and oxygen atoms in total. The third-order valence-electron chi connectivity index (χ3n) is 4.40. The molecule has 1 aromatic heterocycles. The van der Waals surface area contributed by atoms with Crippen molar-refractivity contribution >= 4 is 33.0 Å². The first kappa shape index (κ1) is 20.7. The Hall–Kier alpha value is -3.01. The predicted molar refractivity (Wildman–Crippen MR) is 110 cm³/mol. The minimum atomic E-state index is -3.56. The SMILES string of the molecule is CCn1c(CCNS(=O)(=O)c2ccccc2)nc2cc(/C=C/C(=O)NO)ccc21. The van der Waals surface area contributed by atoms with Crippen molar-refractivity contribution in [3.05, 3.63) is 66.0 Å². The van der Waals surface area contributed by atoms with Crippen LogP contribution in [-0.4, -0.2) is 35.6 Å². The molecule has 1 amide bonds. The van der Waals surface area contributed by atoms with Crippen LogP contribution in [0.4, 0.5) is 0 Å². The molecule has 152 valence electrons. The maximum atomic E-state index is 12.3. The fourth-order valence-electron chi connectivity index (χ4n) is 3.03. The van der Waals surface area contributed by atoms with Crippen molar-refractivity contribution in [3.63, 3.8) is 0 Å². The van der Waals surface area contributed by atoms with Gasteiger partial charge >= 0.3 is 0 Å². The van der Waals surface area contributed by atoms with Gasteiger partial charge < -0.3 is 4.57 Å². The second-order valence-corrected chi connectivity index (χ2v) is 8.06. The normalized spacial score (nSPS) is 11.9. The van der Waals surface area contributed by atoms with Crippen molar-refractivity contribution in [2.24, 2.45) is 0 Å². The Labute approximate surface area is 168 Å². The standard InChI is InChI=1S/C20H22N4O4S/c1-2-24-18-10-8-15(9-11-20(25)23-26)14-17(18)22-19(24)12-13-21-29(27,28)16-6-4-3-5-7-16/h3-11,14,21,26H,2,12-13H2,1H3,(H,23,25)/b11-9+. The van der Waals surface area contributed by atoms with Crippen LogP contribution in [0.1, 0.15) is 18.3 Å². The summed E-state index contributed by atoms with van der Waals surface area (Å²) >= 11 is 0. The molecule has 0 unspecified atom stereocenters. The van der Waals surface area contributed by atoms with Crippen molar-refractivity contribution < 1.29 is 18.4 Å². The minimum absolute atomic E-state index is 0.226. The summed E-state index contributed by atoms with van der Waals surface area (Å²) in [5.74, 6) is 0.156. The summed E-state index contributed by atoms with van der Waals surface area (Å²) < 4.78 is 29.3. The molecule has 0 aliphatic rings. The molecule has 0 radical (unpaired) electrons. The zero-order valence-corrected chi connectivity index (χ0v) is 16.7. The molecule has 29 heavy (non-hydrogen) atoms. The Bertz CT molecular complexity index is 1140. The molecule has 3 N–H and O–H groups in total. The monoisotopic (exact) mass is 414 g/mol. The smallest absolute Gasteiger partial charge is 0.267 e. The Kier molecular flexibility index (Phi) is 6.42. The van der Waals surface area contributed by atoms with E-state index < -0.39 is 15.9 Å². The molecule has 0 aliphatic carbocycles. The maximum absolute atomic E-state index is 12.3. The molecule has 0 bridgehead atoms. The first-order valence-corrected chi connectivity index (χ1v) is 10.6. The van der Waals surface area contributed by atoms with Crippen molar-refractivity contribution in [2.45, 2.75) is 24.8 Å². The molecule has 0 fully saturated rings. The second kappa shape index (κ2) is 8.99. The van der Waals surface area contributed by atoms with Crippen LogP contribution >= 0.6 is 0 Å². The molecule has 0 spiro atoms. The molecular formula is C20H22N4O4S. The molecular weight excluding hydrogens is 392 g/mol. The number of hydroxylamine groups is 1. The minimum Gasteiger partial charge on any atom is -0.328 e. The summed E-state index contributed by atoms with van der Waals surface area (Å²) in [6, 6.07) is 13.8. The third-order valence-corrected chi connectivity index (χ3v) is 5.88. The molecule has 2 aromatic carbocycles. The molecule has 3 aromatic rings. The molecule has 0 saturated carbocycles. The topological polar surface area (TPSA) is 113 Å². The lowest BCUT2D eigenvalue weighted by Gasteiger charge is -2.08. The molecule has 0 saturated heterocycles. The van der Waals surface area contributed by atoms with Crippen molar-refractivity contribution in [1.82, 2.24) is 19.8 Å². The summed E-state index contributed by atoms with van der Waals surface area (Å²) in [6.07, 6.45) is 3.23. The summed E-state index contributed by atoms with van der Waals surface area (Å²) in [7, 11) is -3.56. The van der Waals surface area contributed by atoms with E-state index in [1.54, 1.807) is 41.9 Å². The molecule has 9 heteroatoms. The van der Waals surface area contributed by atoms with Crippen molar-refractivity contribution in [2.75, 3.05) is 6.54 Å². The number of amides is 1. The number of aromatic nitrogens is 2. The number of carbonyl (C=O) groups is 1. The van der Waals surface area contributed by atoms with E-state index in [-0.39, 0.29) is 11.4 Å². The van der Waals surface area contributed by atoms with Crippen LogP contribution in [0.15, 0.2) is 59.5 Å². The number of benzene rings is 2. The summed E-state index contributed by atoms with van der Waals surface area (Å²) in [6.45, 7) is 2.92. The highest BCUT2D eigenvalue weighted by Gasteiger charge is 2.14. The molecule has 0 aliphatic heterocycles. The molecule has 1 heterocycles. The van der Waals surface area contributed by atoms with Gasteiger partial charge in [-0.15, -0.1) is 0 Å². The van der Waals surface area contributed by atoms with Gasteiger partial charge in [0.15, 0.2) is 0 Å². The van der Waals surface area contributed by atoms with Gasteiger partial charge in [0.25, 0.3) is 5.91 Å². The number of carbonyl (C=O) groups excluding carboxylic acids is 1. The summed E-state index contributed by atoms with van der Waals surface area (Å²) in [4.78, 5) is 16.0. The van der Waals surface area contributed by atoms with Gasteiger partial charge in [-0.25, -0.2) is 23.6 Å². The fourth-order valence-corrected chi connectivity index (χ4v) is 4.09. The third kappa shape index (κ3) is 4.89. The van der Waals surface area contributed by atoms with E-state index in [0.29, 0.717) is 13.0 Å². The number of imidazole rings is 1. The van der Waals surface area contributed by atoms with E-state index in [4.69, 9.17) is 5.21 Å². The largest absolute Gasteiger partial charge is 0.328 e. The quantitative estimate of drug-likeness (QED) is 0.297. The van der Waals surface area contributed by atoms with E-state index >= 15 is 0 Å². The Morgan fingerprint density at radius 1 is 1.21 bits per heavy atom. The number of sulfonamides is 1. The number of nitrogens with zero attached hydrogens (tertiary/aromatic N) is 2. The zero-order chi connectivity index (χ0) is 20.9. The zero-order valence-electron chi connectivity index (χ0n) is 15.9.